The number of aromatic nitrogens is 1. The zero-order chi connectivity index (χ0) is 13.8. The van der Waals surface area contributed by atoms with E-state index < -0.39 is 11.2 Å². The summed E-state index contributed by atoms with van der Waals surface area (Å²) in [6.45, 7) is 0. The van der Waals surface area contributed by atoms with E-state index in [0.29, 0.717) is 5.17 Å². The number of nitrogens with one attached hydrogen (secondary N) is 1. The lowest BCUT2D eigenvalue weighted by atomic mass is 10.3. The van der Waals surface area contributed by atoms with Crippen LogP contribution in [0.3, 0.4) is 0 Å². The molecule has 0 aromatic carbocycles. The van der Waals surface area contributed by atoms with Crippen LogP contribution >= 0.6 is 11.8 Å². The molecule has 1 aromatic rings. The van der Waals surface area contributed by atoms with E-state index in [0.717, 1.165) is 17.5 Å². The minimum atomic E-state index is -1.26. The van der Waals surface area contributed by atoms with Crippen LogP contribution in [0.25, 0.3) is 0 Å². The summed E-state index contributed by atoms with van der Waals surface area (Å²) in [7, 11) is 1.87. The van der Waals surface area contributed by atoms with Gasteiger partial charge >= 0.3 is 0 Å². The molecular weight excluding hydrogens is 268 g/mol. The number of thioether (sulfide) groups is 1. The number of aryl methyl sites for hydroxylation is 1. The van der Waals surface area contributed by atoms with Gasteiger partial charge in [-0.2, -0.15) is 5.10 Å². The molecule has 1 N–H and O–H groups in total. The second-order valence-corrected chi connectivity index (χ2v) is 5.06. The zero-order valence-electron chi connectivity index (χ0n) is 10.1. The van der Waals surface area contributed by atoms with Crippen molar-refractivity contribution in [2.75, 3.05) is 0 Å². The van der Waals surface area contributed by atoms with Crippen LogP contribution in [0, 0.1) is 0 Å². The topological polar surface area (TPSA) is 98.9 Å². The monoisotopic (exact) mass is 279 g/mol. The molecule has 0 unspecified atom stereocenters. The van der Waals surface area contributed by atoms with E-state index in [9.17, 15) is 14.7 Å². The number of amidine groups is 1. The Morgan fingerprint density at radius 1 is 1.68 bits per heavy atom. The molecule has 1 atom stereocenters. The van der Waals surface area contributed by atoms with E-state index >= 15 is 0 Å². The fraction of sp³-hybridized carbons (Fsp3) is 0.273. The smallest absolute Gasteiger partial charge is 0.239 e. The minimum absolute atomic E-state index is 0.293. The molecule has 0 aliphatic carbocycles. The van der Waals surface area contributed by atoms with Crippen molar-refractivity contribution < 1.29 is 14.7 Å². The summed E-state index contributed by atoms with van der Waals surface area (Å²) >= 11 is 1.04. The lowest BCUT2D eigenvalue weighted by molar-refractivity contribution is -0.305. The van der Waals surface area contributed by atoms with Gasteiger partial charge in [0, 0.05) is 25.6 Å². The predicted molar refractivity (Wildman–Crippen MR) is 69.6 cm³/mol. The van der Waals surface area contributed by atoms with Crippen molar-refractivity contribution in [3.05, 3.63) is 24.0 Å². The summed E-state index contributed by atoms with van der Waals surface area (Å²) < 4.78 is 1.86. The van der Waals surface area contributed by atoms with Gasteiger partial charge in [-0.25, -0.2) is 0 Å². The Morgan fingerprint density at radius 3 is 3.11 bits per heavy atom. The highest BCUT2D eigenvalue weighted by molar-refractivity contribution is 8.15. The lowest BCUT2D eigenvalue weighted by Gasteiger charge is -2.04. The number of hydrogen-bond donors (Lipinski definition) is 1. The Balaban J connectivity index is 1.98. The molecule has 1 fully saturated rings. The maximum absolute atomic E-state index is 11.4. The first-order valence-corrected chi connectivity index (χ1v) is 6.34. The number of carboxylic acids is 1. The van der Waals surface area contributed by atoms with E-state index in [2.05, 4.69) is 15.5 Å². The van der Waals surface area contributed by atoms with Gasteiger partial charge in [0.05, 0.1) is 17.2 Å². The Morgan fingerprint density at radius 2 is 2.47 bits per heavy atom. The fourth-order valence-electron chi connectivity index (χ4n) is 1.49. The Labute approximate surface area is 113 Å². The van der Waals surface area contributed by atoms with Gasteiger partial charge in [-0.05, 0) is 12.1 Å². The first-order valence-electron chi connectivity index (χ1n) is 5.46. The number of hydrogen-bond acceptors (Lipinski definition) is 6. The van der Waals surface area contributed by atoms with Crippen molar-refractivity contribution in [1.82, 2.24) is 9.88 Å². The molecule has 1 aliphatic rings. The molecule has 2 rings (SSSR count). The highest BCUT2D eigenvalue weighted by Crippen LogP contribution is 2.21. The van der Waals surface area contributed by atoms with Crippen LogP contribution in [0.5, 0.6) is 0 Å². The number of carbonyl (C=O) groups excluding carboxylic acids is 2. The third-order valence-corrected chi connectivity index (χ3v) is 3.52. The predicted octanol–water partition coefficient (Wildman–Crippen LogP) is -0.913. The fourth-order valence-corrected chi connectivity index (χ4v) is 2.40. The van der Waals surface area contributed by atoms with E-state index in [1.807, 2.05) is 29.9 Å². The van der Waals surface area contributed by atoms with E-state index in [4.69, 9.17) is 0 Å². The minimum Gasteiger partial charge on any atom is -0.550 e. The first kappa shape index (κ1) is 13.3. The van der Waals surface area contributed by atoms with Crippen LogP contribution in [-0.4, -0.2) is 33.1 Å². The van der Waals surface area contributed by atoms with Gasteiger partial charge in [-0.3, -0.25) is 4.79 Å². The van der Waals surface area contributed by atoms with Gasteiger partial charge < -0.3 is 19.8 Å². The first-order chi connectivity index (χ1) is 9.06. The number of aliphatic carboxylic acids is 1. The Kier molecular flexibility index (Phi) is 4.00. The van der Waals surface area contributed by atoms with E-state index in [-0.39, 0.29) is 12.3 Å². The van der Waals surface area contributed by atoms with Gasteiger partial charge in [-0.15, -0.1) is 5.10 Å². The SMILES string of the molecule is Cn1cccc1/C=N\N=C1\NC(=O)[C@H](CC(=O)[O-])S1. The molecule has 1 saturated heterocycles. The van der Waals surface area contributed by atoms with Gasteiger partial charge in [0.15, 0.2) is 5.17 Å². The third kappa shape index (κ3) is 3.44. The van der Waals surface area contributed by atoms with Crippen LogP contribution < -0.4 is 10.4 Å². The average Bonchev–Trinajstić information content (AvgIpc) is 2.87. The molecular formula is C11H11N4O3S-. The summed E-state index contributed by atoms with van der Waals surface area (Å²) in [6, 6.07) is 3.74. The van der Waals surface area contributed by atoms with Crippen LogP contribution in [0.1, 0.15) is 12.1 Å². The summed E-state index contributed by atoms with van der Waals surface area (Å²) in [5, 5.41) is 20.2. The maximum Gasteiger partial charge on any atom is 0.239 e. The summed E-state index contributed by atoms with van der Waals surface area (Å²) in [4.78, 5) is 21.8. The molecule has 8 heteroatoms. The van der Waals surface area contributed by atoms with Crippen molar-refractivity contribution in [3.8, 4) is 0 Å². The number of rotatable bonds is 4. The highest BCUT2D eigenvalue weighted by atomic mass is 32.2. The molecule has 0 bridgehead atoms. The second-order valence-electron chi connectivity index (χ2n) is 3.87. The molecule has 0 radical (unpaired) electrons. The largest absolute Gasteiger partial charge is 0.550 e. The van der Waals surface area contributed by atoms with Crippen LogP contribution in [-0.2, 0) is 16.6 Å². The molecule has 2 heterocycles. The highest BCUT2D eigenvalue weighted by Gasteiger charge is 2.30. The van der Waals surface area contributed by atoms with Crippen LogP contribution in [0.15, 0.2) is 28.5 Å². The number of nitrogens with zero attached hydrogens (tertiary/aromatic N) is 3. The number of carbonyl (C=O) groups is 2. The zero-order valence-corrected chi connectivity index (χ0v) is 10.9. The van der Waals surface area contributed by atoms with Gasteiger partial charge in [0.25, 0.3) is 0 Å². The molecule has 19 heavy (non-hydrogen) atoms. The summed E-state index contributed by atoms with van der Waals surface area (Å²) in [5.74, 6) is -1.65. The number of carboxylic acid groups (broad SMARTS) is 1. The number of amides is 1. The second kappa shape index (κ2) is 5.70. The van der Waals surface area contributed by atoms with Crippen molar-refractivity contribution in [2.24, 2.45) is 17.3 Å². The average molecular weight is 279 g/mol. The van der Waals surface area contributed by atoms with E-state index in [1.165, 1.54) is 0 Å². The van der Waals surface area contributed by atoms with E-state index in [1.54, 1.807) is 6.21 Å². The molecule has 7 nitrogen and oxygen atoms in total. The standard InChI is InChI=1S/C11H12N4O3S/c1-15-4-2-3-7(15)6-12-14-11-13-10(18)8(19-11)5-9(16)17/h2-4,6,8H,5H2,1H3,(H,16,17)(H,13,14,18)/p-1/b12-6-/t8-/m0/s1. The van der Waals surface area contributed by atoms with Gasteiger partial charge in [0.2, 0.25) is 5.91 Å². The van der Waals surface area contributed by atoms with Gasteiger partial charge in [0.1, 0.15) is 0 Å². The molecule has 100 valence electrons. The Hall–Kier alpha value is -2.09. The lowest BCUT2D eigenvalue weighted by Crippen LogP contribution is -2.31. The molecule has 1 amide bonds. The summed E-state index contributed by atoms with van der Waals surface area (Å²) in [6.07, 6.45) is 3.08. The maximum atomic E-state index is 11.4. The van der Waals surface area contributed by atoms with Crippen LogP contribution in [0.2, 0.25) is 0 Å². The molecule has 0 saturated carbocycles. The van der Waals surface area contributed by atoms with Crippen molar-refractivity contribution >= 4 is 35.0 Å². The van der Waals surface area contributed by atoms with Gasteiger partial charge in [-0.1, -0.05) is 11.8 Å². The molecule has 1 aromatic heterocycles. The molecule has 0 spiro atoms. The van der Waals surface area contributed by atoms with Crippen molar-refractivity contribution in [3.63, 3.8) is 0 Å². The Bertz CT molecular complexity index is 564. The molecule has 1 aliphatic heterocycles. The van der Waals surface area contributed by atoms with Crippen molar-refractivity contribution in [1.29, 1.82) is 0 Å². The van der Waals surface area contributed by atoms with Crippen molar-refractivity contribution in [2.45, 2.75) is 11.7 Å². The van der Waals surface area contributed by atoms with Crippen LogP contribution in [0.4, 0.5) is 0 Å². The third-order valence-electron chi connectivity index (χ3n) is 2.45. The summed E-state index contributed by atoms with van der Waals surface area (Å²) in [5.41, 5.74) is 0.866. The quantitative estimate of drug-likeness (QED) is 0.569. The normalized spacial score (nSPS) is 21.2.